The van der Waals surface area contributed by atoms with Crippen LogP contribution in [-0.4, -0.2) is 34.9 Å². The Hall–Kier alpha value is -1.39. The Labute approximate surface area is 389 Å². The van der Waals surface area contributed by atoms with Crippen molar-refractivity contribution in [2.75, 3.05) is 6.61 Å². The van der Waals surface area contributed by atoms with Crippen LogP contribution in [0.2, 0.25) is 0 Å². The summed E-state index contributed by atoms with van der Waals surface area (Å²) in [6.45, 7) is 4.33. The number of nitrogens with one attached hydrogen (secondary N) is 1. The minimum Gasteiger partial charge on any atom is -0.394 e. The molecule has 2 unspecified atom stereocenters. The summed E-state index contributed by atoms with van der Waals surface area (Å²) in [5, 5.41) is 23.1. The third kappa shape index (κ3) is 49.6. The number of allylic oxidation sites excluding steroid dienone is 5. The number of hydrogen-bond acceptors (Lipinski definition) is 3. The molecule has 4 nitrogen and oxygen atoms in total. The van der Waals surface area contributed by atoms with E-state index in [1.807, 2.05) is 6.08 Å². The predicted molar refractivity (Wildman–Crippen MR) is 276 cm³/mol. The van der Waals surface area contributed by atoms with Crippen molar-refractivity contribution in [2.24, 2.45) is 0 Å². The lowest BCUT2D eigenvalue weighted by molar-refractivity contribution is -0.123. The first kappa shape index (κ1) is 60.6. The molecule has 0 saturated carbocycles. The number of carbonyl (C=O) groups is 1. The van der Waals surface area contributed by atoms with E-state index in [2.05, 4.69) is 43.5 Å². The van der Waals surface area contributed by atoms with Crippen LogP contribution in [-0.2, 0) is 4.79 Å². The Morgan fingerprint density at radius 3 is 0.968 bits per heavy atom. The minimum absolute atomic E-state index is 0.0597. The van der Waals surface area contributed by atoms with Gasteiger partial charge in [0, 0.05) is 6.42 Å². The Morgan fingerprint density at radius 1 is 0.387 bits per heavy atom. The van der Waals surface area contributed by atoms with E-state index in [0.717, 1.165) is 32.1 Å². The summed E-state index contributed by atoms with van der Waals surface area (Å²) in [6, 6.07) is -0.621. The zero-order chi connectivity index (χ0) is 44.9. The van der Waals surface area contributed by atoms with Crippen molar-refractivity contribution in [2.45, 2.75) is 321 Å². The lowest BCUT2D eigenvalue weighted by Gasteiger charge is -2.20. The topological polar surface area (TPSA) is 69.6 Å². The Bertz CT molecular complexity index is 943. The fraction of sp³-hybridized carbons (Fsp3) is 0.879. The van der Waals surface area contributed by atoms with Crippen LogP contribution < -0.4 is 5.32 Å². The van der Waals surface area contributed by atoms with Crippen LogP contribution in [0.15, 0.2) is 36.5 Å². The summed E-state index contributed by atoms with van der Waals surface area (Å²) in [7, 11) is 0. The van der Waals surface area contributed by atoms with Crippen molar-refractivity contribution in [3.05, 3.63) is 36.5 Å². The van der Waals surface area contributed by atoms with E-state index in [9.17, 15) is 15.0 Å². The van der Waals surface area contributed by atoms with Gasteiger partial charge in [0.25, 0.3) is 0 Å². The largest absolute Gasteiger partial charge is 0.394 e. The number of unbranched alkanes of at least 4 members (excludes halogenated alkanes) is 41. The van der Waals surface area contributed by atoms with Crippen LogP contribution in [0.5, 0.6) is 0 Å². The van der Waals surface area contributed by atoms with Crippen LogP contribution in [0.25, 0.3) is 0 Å². The smallest absolute Gasteiger partial charge is 0.220 e. The maximum atomic E-state index is 12.5. The number of carbonyl (C=O) groups excluding carboxylic acids is 1. The molecule has 0 rings (SSSR count). The summed E-state index contributed by atoms with van der Waals surface area (Å²) in [5.41, 5.74) is 0. The number of aliphatic hydroxyl groups is 2. The van der Waals surface area contributed by atoms with Gasteiger partial charge in [-0.2, -0.15) is 0 Å². The molecular weight excluding hydrogens is 759 g/mol. The molecular formula is C58H111NO3. The van der Waals surface area contributed by atoms with Crippen LogP contribution in [0.3, 0.4) is 0 Å². The molecule has 0 aromatic rings. The van der Waals surface area contributed by atoms with E-state index in [4.69, 9.17) is 0 Å². The second kappa shape index (κ2) is 53.9. The van der Waals surface area contributed by atoms with Gasteiger partial charge in [0.1, 0.15) is 0 Å². The number of amides is 1. The van der Waals surface area contributed by atoms with E-state index >= 15 is 0 Å². The van der Waals surface area contributed by atoms with Crippen LogP contribution in [0.4, 0.5) is 0 Å². The van der Waals surface area contributed by atoms with Gasteiger partial charge in [-0.25, -0.2) is 0 Å². The summed E-state index contributed by atoms with van der Waals surface area (Å²) >= 11 is 0. The van der Waals surface area contributed by atoms with Gasteiger partial charge in [0.2, 0.25) is 5.91 Å². The fourth-order valence-corrected chi connectivity index (χ4v) is 8.80. The van der Waals surface area contributed by atoms with E-state index in [1.165, 1.54) is 257 Å². The van der Waals surface area contributed by atoms with Crippen LogP contribution in [0.1, 0.15) is 309 Å². The minimum atomic E-state index is -0.838. The molecule has 0 aliphatic rings. The molecule has 0 radical (unpaired) electrons. The molecule has 0 aromatic carbocycles. The highest BCUT2D eigenvalue weighted by Crippen LogP contribution is 2.17. The maximum Gasteiger partial charge on any atom is 0.220 e. The first-order chi connectivity index (χ1) is 30.7. The third-order valence-electron chi connectivity index (χ3n) is 13.1. The first-order valence-corrected chi connectivity index (χ1v) is 28.2. The highest BCUT2D eigenvalue weighted by Gasteiger charge is 2.18. The molecule has 0 fully saturated rings. The van der Waals surface area contributed by atoms with E-state index in [1.54, 1.807) is 6.08 Å². The molecule has 1 amide bonds. The average Bonchev–Trinajstić information content (AvgIpc) is 3.28. The van der Waals surface area contributed by atoms with Crippen molar-refractivity contribution in [3.8, 4) is 0 Å². The van der Waals surface area contributed by atoms with Crippen molar-refractivity contribution >= 4 is 5.91 Å². The molecule has 3 N–H and O–H groups in total. The summed E-state index contributed by atoms with van der Waals surface area (Å²) in [4.78, 5) is 12.5. The van der Waals surface area contributed by atoms with Crippen molar-refractivity contribution < 1.29 is 15.0 Å². The fourth-order valence-electron chi connectivity index (χ4n) is 8.80. The summed E-state index contributed by atoms with van der Waals surface area (Å²) in [5.74, 6) is -0.0597. The van der Waals surface area contributed by atoms with E-state index in [-0.39, 0.29) is 12.5 Å². The molecule has 0 bridgehead atoms. The van der Waals surface area contributed by atoms with Gasteiger partial charge in [0.15, 0.2) is 0 Å². The second-order valence-corrected chi connectivity index (χ2v) is 19.4. The van der Waals surface area contributed by atoms with Gasteiger partial charge in [-0.3, -0.25) is 4.79 Å². The zero-order valence-electron chi connectivity index (χ0n) is 42.2. The Balaban J connectivity index is 3.45. The van der Waals surface area contributed by atoms with Crippen molar-refractivity contribution in [3.63, 3.8) is 0 Å². The molecule has 0 aliphatic carbocycles. The SMILES string of the molecule is CCCCCCCCCCC/C=C\C/C=C\CCCCCCCCCCCCCCCCCCCC(=O)NC(CO)C(O)/C=C/CCCCCCCCCCCCCCCCC. The molecule has 4 heteroatoms. The zero-order valence-corrected chi connectivity index (χ0v) is 42.2. The van der Waals surface area contributed by atoms with E-state index < -0.39 is 12.1 Å². The summed E-state index contributed by atoms with van der Waals surface area (Å²) in [6.07, 6.45) is 73.1. The molecule has 2 atom stereocenters. The van der Waals surface area contributed by atoms with Gasteiger partial charge < -0.3 is 15.5 Å². The van der Waals surface area contributed by atoms with Crippen molar-refractivity contribution in [1.29, 1.82) is 0 Å². The molecule has 62 heavy (non-hydrogen) atoms. The second-order valence-electron chi connectivity index (χ2n) is 19.4. The molecule has 366 valence electrons. The highest BCUT2D eigenvalue weighted by molar-refractivity contribution is 5.76. The van der Waals surface area contributed by atoms with Gasteiger partial charge in [-0.1, -0.05) is 288 Å². The van der Waals surface area contributed by atoms with Crippen LogP contribution >= 0.6 is 0 Å². The maximum absolute atomic E-state index is 12.5. The third-order valence-corrected chi connectivity index (χ3v) is 13.1. The lowest BCUT2D eigenvalue weighted by Crippen LogP contribution is -2.45. The van der Waals surface area contributed by atoms with Crippen LogP contribution in [0, 0.1) is 0 Å². The molecule has 0 aromatic heterocycles. The van der Waals surface area contributed by atoms with Gasteiger partial charge in [0.05, 0.1) is 18.8 Å². The molecule has 0 heterocycles. The number of hydrogen-bond donors (Lipinski definition) is 3. The van der Waals surface area contributed by atoms with E-state index in [0.29, 0.717) is 6.42 Å². The monoisotopic (exact) mass is 870 g/mol. The van der Waals surface area contributed by atoms with Gasteiger partial charge >= 0.3 is 0 Å². The Kier molecular flexibility index (Phi) is 52.7. The summed E-state index contributed by atoms with van der Waals surface area (Å²) < 4.78 is 0. The average molecular weight is 871 g/mol. The predicted octanol–water partition coefficient (Wildman–Crippen LogP) is 18.5. The highest BCUT2D eigenvalue weighted by atomic mass is 16.3. The molecule has 0 spiro atoms. The molecule has 0 aliphatic heterocycles. The number of aliphatic hydroxyl groups excluding tert-OH is 2. The van der Waals surface area contributed by atoms with Crippen molar-refractivity contribution in [1.82, 2.24) is 5.32 Å². The Morgan fingerprint density at radius 2 is 0.661 bits per heavy atom. The van der Waals surface area contributed by atoms with Gasteiger partial charge in [-0.15, -0.1) is 0 Å². The lowest BCUT2D eigenvalue weighted by atomic mass is 10.0. The molecule has 0 saturated heterocycles. The standard InChI is InChI=1S/C58H111NO3/c1-3-5-7-9-11-13-15-17-19-21-22-23-24-25-26-27-28-29-30-31-32-33-34-35-36-38-40-42-44-46-48-50-52-54-58(62)59-56(55-60)57(61)53-51-49-47-45-43-41-39-37-20-18-16-14-12-10-8-6-4-2/h22-23,25-26,51,53,56-57,60-61H,3-21,24,27-50,52,54-55H2,1-2H3,(H,59,62)/b23-22-,26-25-,53-51+. The number of rotatable bonds is 52. The quantitative estimate of drug-likeness (QED) is 0.0421. The first-order valence-electron chi connectivity index (χ1n) is 28.2. The normalized spacial score (nSPS) is 13.0. The van der Waals surface area contributed by atoms with Gasteiger partial charge in [-0.05, 0) is 51.4 Å².